The van der Waals surface area contributed by atoms with E-state index in [9.17, 15) is 4.79 Å². The number of hydrogen-bond donors (Lipinski definition) is 0. The van der Waals surface area contributed by atoms with Crippen molar-refractivity contribution >= 4 is 11.6 Å². The van der Waals surface area contributed by atoms with Gasteiger partial charge in [-0.3, -0.25) is 4.79 Å². The minimum absolute atomic E-state index is 0.332. The fraction of sp³-hybridized carbons (Fsp3) is 0.611. The Hall–Kier alpha value is -1.51. The summed E-state index contributed by atoms with van der Waals surface area (Å²) in [6, 6.07) is 8.81. The third-order valence-electron chi connectivity index (χ3n) is 4.74. The van der Waals surface area contributed by atoms with Gasteiger partial charge in [0.05, 0.1) is 0 Å². The third-order valence-corrected chi connectivity index (χ3v) is 4.74. The van der Waals surface area contributed by atoms with Crippen molar-refractivity contribution in [2.45, 2.75) is 44.9 Å². The van der Waals surface area contributed by atoms with E-state index in [0.29, 0.717) is 12.3 Å². The van der Waals surface area contributed by atoms with Gasteiger partial charge in [0.15, 0.2) is 0 Å². The van der Waals surface area contributed by atoms with Gasteiger partial charge in [0.25, 0.3) is 0 Å². The molecule has 1 aromatic carbocycles. The summed E-state index contributed by atoms with van der Waals surface area (Å²) < 4.78 is 0. The molecular weight excluding hydrogens is 260 g/mol. The fourth-order valence-corrected chi connectivity index (χ4v) is 3.40. The molecule has 0 aliphatic carbocycles. The van der Waals surface area contributed by atoms with Gasteiger partial charge in [0.1, 0.15) is 0 Å². The van der Waals surface area contributed by atoms with E-state index < -0.39 is 0 Å². The van der Waals surface area contributed by atoms with Crippen molar-refractivity contribution in [2.24, 2.45) is 0 Å². The second kappa shape index (κ2) is 6.97. The molecule has 0 spiro atoms. The van der Waals surface area contributed by atoms with E-state index in [1.165, 1.54) is 56.4 Å². The summed E-state index contributed by atoms with van der Waals surface area (Å²) in [5, 5.41) is 0. The van der Waals surface area contributed by atoms with Gasteiger partial charge in [-0.05, 0) is 56.2 Å². The van der Waals surface area contributed by atoms with Crippen LogP contribution < -0.4 is 4.90 Å². The highest BCUT2D eigenvalue weighted by Crippen LogP contribution is 2.21. The van der Waals surface area contributed by atoms with Crippen LogP contribution in [-0.2, 0) is 11.2 Å². The van der Waals surface area contributed by atoms with Crippen LogP contribution in [0, 0.1) is 0 Å². The average Bonchev–Trinajstić information content (AvgIpc) is 3.08. The van der Waals surface area contributed by atoms with Crippen LogP contribution in [0.25, 0.3) is 0 Å². The molecule has 2 aliphatic rings. The Bertz CT molecular complexity index is 457. The van der Waals surface area contributed by atoms with Gasteiger partial charge in [-0.1, -0.05) is 12.1 Å². The number of nitrogens with zero attached hydrogens (tertiary/aromatic N) is 2. The van der Waals surface area contributed by atoms with Gasteiger partial charge in [-0.25, -0.2) is 0 Å². The summed E-state index contributed by atoms with van der Waals surface area (Å²) in [7, 11) is 0. The number of anilines is 1. The Morgan fingerprint density at radius 1 is 0.857 bits per heavy atom. The zero-order chi connectivity index (χ0) is 14.5. The van der Waals surface area contributed by atoms with E-state index in [0.717, 1.165) is 19.5 Å². The Labute approximate surface area is 127 Å². The van der Waals surface area contributed by atoms with Crippen LogP contribution in [0.1, 0.15) is 44.1 Å². The van der Waals surface area contributed by atoms with Crippen LogP contribution in [0.2, 0.25) is 0 Å². The maximum atomic E-state index is 12.2. The van der Waals surface area contributed by atoms with Crippen LogP contribution in [0.15, 0.2) is 24.3 Å². The molecule has 2 aliphatic heterocycles. The Morgan fingerprint density at radius 3 is 2.14 bits per heavy atom. The number of likely N-dealkylation sites (tertiary alicyclic amines) is 1. The van der Waals surface area contributed by atoms with Gasteiger partial charge < -0.3 is 9.80 Å². The van der Waals surface area contributed by atoms with Crippen molar-refractivity contribution in [2.75, 3.05) is 31.1 Å². The topological polar surface area (TPSA) is 23.6 Å². The summed E-state index contributed by atoms with van der Waals surface area (Å²) in [5.41, 5.74) is 2.61. The van der Waals surface area contributed by atoms with Crippen LogP contribution >= 0.6 is 0 Å². The molecule has 0 aromatic heterocycles. The van der Waals surface area contributed by atoms with Crippen LogP contribution in [0.5, 0.6) is 0 Å². The average molecular weight is 286 g/mol. The smallest absolute Gasteiger partial charge is 0.222 e. The lowest BCUT2D eigenvalue weighted by molar-refractivity contribution is -0.132. The normalized spacial score (nSPS) is 19.0. The summed E-state index contributed by atoms with van der Waals surface area (Å²) in [4.78, 5) is 16.7. The summed E-state index contributed by atoms with van der Waals surface area (Å²) >= 11 is 0. The van der Waals surface area contributed by atoms with Gasteiger partial charge in [-0.2, -0.15) is 0 Å². The molecule has 0 N–H and O–H groups in total. The largest absolute Gasteiger partial charge is 0.372 e. The first-order chi connectivity index (χ1) is 10.3. The first-order valence-electron chi connectivity index (χ1n) is 8.44. The number of carbonyl (C=O) groups is 1. The maximum Gasteiger partial charge on any atom is 0.222 e. The predicted molar refractivity (Wildman–Crippen MR) is 86.6 cm³/mol. The molecule has 2 fully saturated rings. The fourth-order valence-electron chi connectivity index (χ4n) is 3.40. The predicted octanol–water partition coefficient (Wildman–Crippen LogP) is 3.23. The molecule has 21 heavy (non-hydrogen) atoms. The van der Waals surface area contributed by atoms with E-state index in [4.69, 9.17) is 0 Å². The highest BCUT2D eigenvalue weighted by Gasteiger charge is 2.16. The molecule has 1 aromatic rings. The molecule has 3 rings (SSSR count). The molecule has 0 unspecified atom stereocenters. The first kappa shape index (κ1) is 14.4. The van der Waals surface area contributed by atoms with Gasteiger partial charge in [0, 0.05) is 38.3 Å². The summed E-state index contributed by atoms with van der Waals surface area (Å²) in [6.45, 7) is 4.30. The highest BCUT2D eigenvalue weighted by atomic mass is 16.2. The summed E-state index contributed by atoms with van der Waals surface area (Å²) in [5.74, 6) is 0.332. The molecule has 2 heterocycles. The molecule has 1 amide bonds. The number of carbonyl (C=O) groups excluding carboxylic acids is 1. The number of rotatable bonds is 4. The van der Waals surface area contributed by atoms with Crippen molar-refractivity contribution in [3.8, 4) is 0 Å². The summed E-state index contributed by atoms with van der Waals surface area (Å²) in [6.07, 6.45) is 7.78. The Morgan fingerprint density at radius 2 is 1.48 bits per heavy atom. The minimum Gasteiger partial charge on any atom is -0.372 e. The minimum atomic E-state index is 0.332. The first-order valence-corrected chi connectivity index (χ1v) is 8.44. The number of piperidine rings is 1. The van der Waals surface area contributed by atoms with Crippen molar-refractivity contribution in [3.63, 3.8) is 0 Å². The van der Waals surface area contributed by atoms with Gasteiger partial charge >= 0.3 is 0 Å². The van der Waals surface area contributed by atoms with Crippen LogP contribution in [0.3, 0.4) is 0 Å². The highest BCUT2D eigenvalue weighted by molar-refractivity contribution is 5.76. The third kappa shape index (κ3) is 3.78. The zero-order valence-corrected chi connectivity index (χ0v) is 12.9. The standard InChI is InChI=1S/C18H26N2O/c21-18(20-14-2-1-3-15-20)11-8-16-6-9-17(10-7-16)19-12-4-5-13-19/h6-7,9-10H,1-5,8,11-15H2. The van der Waals surface area contributed by atoms with Crippen molar-refractivity contribution < 1.29 is 4.79 Å². The number of amides is 1. The van der Waals surface area contributed by atoms with Crippen LogP contribution in [-0.4, -0.2) is 37.0 Å². The maximum absolute atomic E-state index is 12.2. The van der Waals surface area contributed by atoms with E-state index in [2.05, 4.69) is 29.2 Å². The monoisotopic (exact) mass is 286 g/mol. The lowest BCUT2D eigenvalue weighted by atomic mass is 10.1. The van der Waals surface area contributed by atoms with Gasteiger partial charge in [-0.15, -0.1) is 0 Å². The SMILES string of the molecule is O=C(CCc1ccc(N2CCCC2)cc1)N1CCCCC1. The number of hydrogen-bond acceptors (Lipinski definition) is 2. The lowest BCUT2D eigenvalue weighted by Gasteiger charge is -2.26. The van der Waals surface area contributed by atoms with Crippen LogP contribution in [0.4, 0.5) is 5.69 Å². The molecule has 0 saturated carbocycles. The quantitative estimate of drug-likeness (QED) is 0.848. The van der Waals surface area contributed by atoms with Crippen molar-refractivity contribution in [3.05, 3.63) is 29.8 Å². The molecule has 0 bridgehead atoms. The molecule has 114 valence electrons. The van der Waals surface area contributed by atoms with E-state index in [-0.39, 0.29) is 0 Å². The van der Waals surface area contributed by atoms with Crippen molar-refractivity contribution in [1.29, 1.82) is 0 Å². The molecule has 0 radical (unpaired) electrons. The molecule has 3 heteroatoms. The Balaban J connectivity index is 1.49. The van der Waals surface area contributed by atoms with E-state index in [1.54, 1.807) is 0 Å². The number of benzene rings is 1. The molecular formula is C18H26N2O. The lowest BCUT2D eigenvalue weighted by Crippen LogP contribution is -2.35. The molecule has 2 saturated heterocycles. The molecule has 0 atom stereocenters. The second-order valence-electron chi connectivity index (χ2n) is 6.30. The molecule has 3 nitrogen and oxygen atoms in total. The number of aryl methyl sites for hydroxylation is 1. The van der Waals surface area contributed by atoms with E-state index in [1.807, 2.05) is 4.90 Å². The van der Waals surface area contributed by atoms with E-state index >= 15 is 0 Å². The van der Waals surface area contributed by atoms with Gasteiger partial charge in [0.2, 0.25) is 5.91 Å². The Kier molecular flexibility index (Phi) is 4.79. The van der Waals surface area contributed by atoms with Crippen molar-refractivity contribution in [1.82, 2.24) is 4.90 Å². The zero-order valence-electron chi connectivity index (χ0n) is 12.9. The second-order valence-corrected chi connectivity index (χ2v) is 6.30.